The molecule has 0 spiro atoms. The van der Waals surface area contributed by atoms with Crippen LogP contribution in [0, 0.1) is 11.6 Å². The molecule has 0 unspecified atom stereocenters. The molecule has 38 heavy (non-hydrogen) atoms. The molecule has 5 rings (SSSR count). The topological polar surface area (TPSA) is 92.6 Å². The summed E-state index contributed by atoms with van der Waals surface area (Å²) in [6.45, 7) is 0.534. The monoisotopic (exact) mass is 555 g/mol. The molecule has 0 amide bonds. The van der Waals surface area contributed by atoms with Crippen LogP contribution in [0.2, 0.25) is 0 Å². The molecule has 0 aliphatic carbocycles. The van der Waals surface area contributed by atoms with Crippen LogP contribution in [0.1, 0.15) is 6.04 Å². The summed E-state index contributed by atoms with van der Waals surface area (Å²) in [5.74, 6) is -2.13. The minimum Gasteiger partial charge on any atom is -0.406 e. The van der Waals surface area contributed by atoms with Gasteiger partial charge in [-0.3, -0.25) is 5.32 Å². The van der Waals surface area contributed by atoms with Gasteiger partial charge in [-0.05, 0) is 60.7 Å². The summed E-state index contributed by atoms with van der Waals surface area (Å²) < 4.78 is 96.3. The Hall–Kier alpha value is -3.26. The van der Waals surface area contributed by atoms with Gasteiger partial charge in [0, 0.05) is 40.9 Å². The Morgan fingerprint density at radius 2 is 1.53 bits per heavy atom. The minimum absolute atomic E-state index is 0.221. The number of alkyl halides is 3. The van der Waals surface area contributed by atoms with Crippen LogP contribution in [0.5, 0.6) is 5.75 Å². The zero-order valence-electron chi connectivity index (χ0n) is 19.5. The van der Waals surface area contributed by atoms with Crippen molar-refractivity contribution in [3.63, 3.8) is 0 Å². The molecule has 0 radical (unpaired) electrons. The van der Waals surface area contributed by atoms with E-state index in [4.69, 9.17) is 0 Å². The Morgan fingerprint density at radius 3 is 2.08 bits per heavy atom. The summed E-state index contributed by atoms with van der Waals surface area (Å²) in [6, 6.07) is 10.7. The van der Waals surface area contributed by atoms with Gasteiger partial charge in [0.1, 0.15) is 23.3 Å². The number of hydrogen-bond acceptors (Lipinski definition) is 6. The maximum absolute atomic E-state index is 14.0. The molecule has 4 aromatic rings. The second-order valence-electron chi connectivity index (χ2n) is 9.00. The van der Waals surface area contributed by atoms with Gasteiger partial charge >= 0.3 is 6.36 Å². The fraction of sp³-hybridized carbons (Fsp3) is 0.280. The first-order valence-electron chi connectivity index (χ1n) is 11.5. The number of nitrogens with zero attached hydrogens (tertiary/aromatic N) is 1. The van der Waals surface area contributed by atoms with E-state index in [2.05, 4.69) is 15.4 Å². The van der Waals surface area contributed by atoms with Crippen LogP contribution in [0.25, 0.3) is 21.8 Å². The Kier molecular flexibility index (Phi) is 6.80. The van der Waals surface area contributed by atoms with Crippen LogP contribution in [0.3, 0.4) is 0 Å². The van der Waals surface area contributed by atoms with Crippen molar-refractivity contribution < 1.29 is 40.2 Å². The van der Waals surface area contributed by atoms with Crippen LogP contribution >= 0.6 is 0 Å². The highest BCUT2D eigenvalue weighted by atomic mass is 32.2. The first-order chi connectivity index (χ1) is 17.9. The lowest BCUT2D eigenvalue weighted by atomic mass is 9.98. The van der Waals surface area contributed by atoms with Crippen LogP contribution < -0.4 is 15.4 Å². The van der Waals surface area contributed by atoms with Crippen LogP contribution in [0.15, 0.2) is 65.6 Å². The molecule has 1 aromatic heterocycles. The smallest absolute Gasteiger partial charge is 0.406 e. The first kappa shape index (κ1) is 26.4. The molecule has 1 fully saturated rings. The maximum atomic E-state index is 14.0. The van der Waals surface area contributed by atoms with E-state index in [0.29, 0.717) is 28.4 Å². The van der Waals surface area contributed by atoms with Gasteiger partial charge in [-0.25, -0.2) is 17.2 Å². The first-order valence-corrected chi connectivity index (χ1v) is 13.2. The van der Waals surface area contributed by atoms with E-state index in [1.165, 1.54) is 24.3 Å². The number of piperidine rings is 1. The fourth-order valence-electron chi connectivity index (χ4n) is 4.84. The lowest BCUT2D eigenvalue weighted by Crippen LogP contribution is -2.57. The Bertz CT molecular complexity index is 1530. The maximum Gasteiger partial charge on any atom is 0.573 e. The zero-order chi connectivity index (χ0) is 27.2. The predicted molar refractivity (Wildman–Crippen MR) is 129 cm³/mol. The fourth-order valence-corrected chi connectivity index (χ4v) is 5.99. The average molecular weight is 556 g/mol. The molecule has 0 bridgehead atoms. The van der Waals surface area contributed by atoms with E-state index in [1.54, 1.807) is 16.7 Å². The van der Waals surface area contributed by atoms with Gasteiger partial charge in [-0.15, -0.1) is 13.2 Å². The highest BCUT2D eigenvalue weighted by Crippen LogP contribution is 2.35. The quantitative estimate of drug-likeness (QED) is 0.313. The molecular weight excluding hydrogens is 533 g/mol. The minimum atomic E-state index is -4.90. The number of hydrogen-bond donors (Lipinski definition) is 3. The second-order valence-corrected chi connectivity index (χ2v) is 11.0. The summed E-state index contributed by atoms with van der Waals surface area (Å²) in [5.41, 5.74) is 1.15. The Balaban J connectivity index is 1.38. The average Bonchev–Trinajstić information content (AvgIpc) is 3.15. The molecule has 3 N–H and O–H groups in total. The normalized spacial score (nSPS) is 20.7. The number of aliphatic hydroxyl groups is 1. The van der Waals surface area contributed by atoms with Crippen molar-refractivity contribution in [2.75, 3.05) is 19.0 Å². The molecule has 2 heterocycles. The third kappa shape index (κ3) is 5.19. The number of aliphatic hydroxyl groups excluding tert-OH is 1. The van der Waals surface area contributed by atoms with Gasteiger partial charge in [0.25, 0.3) is 0 Å². The van der Waals surface area contributed by atoms with Crippen LogP contribution in [0.4, 0.5) is 22.0 Å². The summed E-state index contributed by atoms with van der Waals surface area (Å²) in [7, 11) is -3.97. The number of nitrogens with one attached hydrogen (secondary N) is 2. The second kappa shape index (κ2) is 9.80. The number of aromatic nitrogens is 1. The summed E-state index contributed by atoms with van der Waals surface area (Å²) in [4.78, 5) is -0.221. The van der Waals surface area contributed by atoms with Crippen molar-refractivity contribution in [3.05, 3.63) is 72.3 Å². The number of sulfone groups is 1. The largest absolute Gasteiger partial charge is 0.573 e. The SMILES string of the molecule is O=S(=O)(CN[C@@H]1CNC[C@H](n2c3ccc(F)cc3c3cc(F)ccc32)[C@H]1O)c1ccc(OC(F)(F)F)cc1. The molecule has 202 valence electrons. The molecule has 3 atom stereocenters. The van der Waals surface area contributed by atoms with Gasteiger partial charge in [-0.2, -0.15) is 0 Å². The Morgan fingerprint density at radius 1 is 0.947 bits per heavy atom. The molecule has 0 saturated carbocycles. The third-order valence-electron chi connectivity index (χ3n) is 6.53. The number of rotatable bonds is 6. The summed E-state index contributed by atoms with van der Waals surface area (Å²) in [6.07, 6.45) is -6.00. The lowest BCUT2D eigenvalue weighted by molar-refractivity contribution is -0.274. The number of benzene rings is 3. The molecule has 7 nitrogen and oxygen atoms in total. The predicted octanol–water partition coefficient (Wildman–Crippen LogP) is 3.87. The highest BCUT2D eigenvalue weighted by molar-refractivity contribution is 7.91. The van der Waals surface area contributed by atoms with Gasteiger partial charge in [0.2, 0.25) is 0 Å². The van der Waals surface area contributed by atoms with Gasteiger partial charge in [0.05, 0.1) is 17.0 Å². The summed E-state index contributed by atoms with van der Waals surface area (Å²) in [5, 5.41) is 18.2. The van der Waals surface area contributed by atoms with E-state index < -0.39 is 57.6 Å². The van der Waals surface area contributed by atoms with Crippen molar-refractivity contribution in [3.8, 4) is 5.75 Å². The standard InChI is InChI=1S/C25H22F5N3O4S/c26-14-1-7-21-18(9-14)19-10-15(27)2-8-22(19)33(21)23-12-31-11-20(24(23)34)32-13-38(35,36)17-5-3-16(4-6-17)37-25(28,29)30/h1-10,20,23-24,31-32,34H,11-13H2/t20-,23+,24+/m1/s1. The lowest BCUT2D eigenvalue weighted by Gasteiger charge is -2.37. The van der Waals surface area contributed by atoms with Crippen molar-refractivity contribution in [1.29, 1.82) is 0 Å². The molecule has 1 aliphatic rings. The van der Waals surface area contributed by atoms with E-state index in [0.717, 1.165) is 24.3 Å². The van der Waals surface area contributed by atoms with Crippen LogP contribution in [-0.2, 0) is 9.84 Å². The highest BCUT2D eigenvalue weighted by Gasteiger charge is 2.35. The van der Waals surface area contributed by atoms with Gasteiger partial charge in [0.15, 0.2) is 9.84 Å². The molecule has 1 aliphatic heterocycles. The molecule has 13 heteroatoms. The number of halogens is 5. The Labute approximate surface area is 213 Å². The van der Waals surface area contributed by atoms with E-state index in [1.807, 2.05) is 0 Å². The van der Waals surface area contributed by atoms with Gasteiger partial charge < -0.3 is 19.7 Å². The van der Waals surface area contributed by atoms with Crippen molar-refractivity contribution in [2.45, 2.75) is 29.4 Å². The van der Waals surface area contributed by atoms with Crippen molar-refractivity contribution in [1.82, 2.24) is 15.2 Å². The molecule has 1 saturated heterocycles. The van der Waals surface area contributed by atoms with E-state index >= 15 is 0 Å². The van der Waals surface area contributed by atoms with E-state index in [9.17, 15) is 35.5 Å². The number of ether oxygens (including phenoxy) is 1. The summed E-state index contributed by atoms with van der Waals surface area (Å²) >= 11 is 0. The van der Waals surface area contributed by atoms with Crippen molar-refractivity contribution >= 4 is 31.6 Å². The van der Waals surface area contributed by atoms with Crippen LogP contribution in [-0.4, -0.2) is 55.6 Å². The molecular formula is C25H22F5N3O4S. The van der Waals surface area contributed by atoms with Crippen molar-refractivity contribution in [2.24, 2.45) is 0 Å². The number of fused-ring (bicyclic) bond motifs is 3. The molecule has 3 aromatic carbocycles. The van der Waals surface area contributed by atoms with Gasteiger partial charge in [-0.1, -0.05) is 0 Å². The zero-order valence-corrected chi connectivity index (χ0v) is 20.4. The van der Waals surface area contributed by atoms with E-state index in [-0.39, 0.29) is 11.4 Å². The third-order valence-corrected chi connectivity index (χ3v) is 8.07.